The highest BCUT2D eigenvalue weighted by Crippen LogP contribution is 2.31. The van der Waals surface area contributed by atoms with Gasteiger partial charge in [0.2, 0.25) is 5.91 Å². The van der Waals surface area contributed by atoms with Crippen molar-refractivity contribution < 1.29 is 4.79 Å². The molecule has 1 unspecified atom stereocenters. The van der Waals surface area contributed by atoms with Crippen molar-refractivity contribution in [3.05, 3.63) is 9.88 Å². The van der Waals surface area contributed by atoms with Crippen LogP contribution in [0.15, 0.2) is 0 Å². The number of thiazole rings is 1. The second kappa shape index (κ2) is 5.21. The molecule has 4 nitrogen and oxygen atoms in total. The van der Waals surface area contributed by atoms with Gasteiger partial charge in [-0.25, -0.2) is 4.98 Å². The lowest BCUT2D eigenvalue weighted by atomic mass is 9.85. The summed E-state index contributed by atoms with van der Waals surface area (Å²) in [6, 6.07) is -0.0349. The Hall–Kier alpha value is -0.940. The number of carbonyl (C=O) groups excluding carboxylic acids is 1. The van der Waals surface area contributed by atoms with Crippen LogP contribution in [0.4, 0.5) is 5.82 Å². The minimum Gasteiger partial charge on any atom is -0.306 e. The van der Waals surface area contributed by atoms with Gasteiger partial charge < -0.3 is 5.32 Å². The number of hydrogen-bond acceptors (Lipinski definition) is 4. The van der Waals surface area contributed by atoms with Gasteiger partial charge in [-0.3, -0.25) is 9.69 Å². The van der Waals surface area contributed by atoms with Gasteiger partial charge in [0.25, 0.3) is 0 Å². The number of amides is 1. The molecule has 5 heteroatoms. The molecule has 0 radical (unpaired) electrons. The van der Waals surface area contributed by atoms with Crippen LogP contribution in [0.5, 0.6) is 0 Å². The predicted molar refractivity (Wildman–Crippen MR) is 77.7 cm³/mol. The lowest BCUT2D eigenvalue weighted by Gasteiger charge is -2.28. The molecule has 1 aliphatic carbocycles. The molecule has 0 spiro atoms. The van der Waals surface area contributed by atoms with Gasteiger partial charge >= 0.3 is 0 Å². The first kappa shape index (κ1) is 13.1. The molecule has 2 aliphatic rings. The van der Waals surface area contributed by atoms with Gasteiger partial charge in [0.15, 0.2) is 0 Å². The molecule has 1 aromatic rings. The van der Waals surface area contributed by atoms with E-state index >= 15 is 0 Å². The van der Waals surface area contributed by atoms with Gasteiger partial charge in [0.1, 0.15) is 5.82 Å². The first-order valence-electron chi connectivity index (χ1n) is 7.12. The van der Waals surface area contributed by atoms with E-state index < -0.39 is 0 Å². The highest BCUT2D eigenvalue weighted by Gasteiger charge is 2.30. The van der Waals surface area contributed by atoms with Crippen molar-refractivity contribution in [2.75, 3.05) is 18.5 Å². The van der Waals surface area contributed by atoms with E-state index in [2.05, 4.69) is 10.3 Å². The number of aryl methyl sites for hydroxylation is 2. The predicted octanol–water partition coefficient (Wildman–Crippen LogP) is 2.12. The zero-order valence-corrected chi connectivity index (χ0v) is 12.4. The van der Waals surface area contributed by atoms with Crippen LogP contribution < -0.4 is 10.2 Å². The van der Waals surface area contributed by atoms with Crippen molar-refractivity contribution in [3.63, 3.8) is 0 Å². The number of nitrogens with one attached hydrogen (secondary N) is 1. The summed E-state index contributed by atoms with van der Waals surface area (Å²) in [6.45, 7) is 2.99. The molecule has 2 heterocycles. The molecular formula is C14H21N3OS. The lowest BCUT2D eigenvalue weighted by Crippen LogP contribution is -2.46. The molecule has 1 amide bonds. The molecule has 1 fully saturated rings. The number of carbonyl (C=O) groups is 1. The number of likely N-dealkylation sites (N-methyl/N-ethyl adjacent to an activating group) is 1. The van der Waals surface area contributed by atoms with Gasteiger partial charge in [-0.1, -0.05) is 6.42 Å². The molecule has 0 bridgehead atoms. The summed E-state index contributed by atoms with van der Waals surface area (Å²) in [6.07, 6.45) is 5.84. The summed E-state index contributed by atoms with van der Waals surface area (Å²) < 4.78 is 0. The van der Waals surface area contributed by atoms with E-state index in [1.807, 2.05) is 14.0 Å². The van der Waals surface area contributed by atoms with Gasteiger partial charge in [-0.2, -0.15) is 0 Å². The fourth-order valence-corrected chi connectivity index (χ4v) is 3.80. The number of hydrogen-bond donors (Lipinski definition) is 1. The molecule has 1 N–H and O–H groups in total. The molecule has 1 saturated carbocycles. The second-order valence-corrected chi connectivity index (χ2v) is 6.96. The minimum absolute atomic E-state index is 0.0349. The van der Waals surface area contributed by atoms with Crippen LogP contribution in [0.3, 0.4) is 0 Å². The van der Waals surface area contributed by atoms with Gasteiger partial charge in [-0.05, 0) is 45.1 Å². The quantitative estimate of drug-likeness (QED) is 0.922. The molecule has 0 aromatic carbocycles. The number of rotatable bonds is 3. The number of fused-ring (bicyclic) bond motifs is 1. The van der Waals surface area contributed by atoms with E-state index in [9.17, 15) is 4.79 Å². The monoisotopic (exact) mass is 279 g/mol. The van der Waals surface area contributed by atoms with E-state index in [4.69, 9.17) is 0 Å². The van der Waals surface area contributed by atoms with E-state index in [0.717, 1.165) is 36.1 Å². The summed E-state index contributed by atoms with van der Waals surface area (Å²) in [5.74, 6) is 1.83. The normalized spacial score (nSPS) is 24.0. The molecule has 0 saturated heterocycles. The van der Waals surface area contributed by atoms with Crippen LogP contribution in [0.1, 0.15) is 35.6 Å². The molecule has 1 aliphatic heterocycles. The number of anilines is 1. The van der Waals surface area contributed by atoms with E-state index in [1.165, 1.54) is 24.1 Å². The van der Waals surface area contributed by atoms with Crippen molar-refractivity contribution in [2.45, 2.75) is 45.1 Å². The van der Waals surface area contributed by atoms with Crippen LogP contribution in [-0.2, 0) is 11.2 Å². The fraction of sp³-hybridized carbons (Fsp3) is 0.714. The van der Waals surface area contributed by atoms with Crippen LogP contribution in [0.25, 0.3) is 0 Å². The second-order valence-electron chi connectivity index (χ2n) is 5.67. The third-order valence-electron chi connectivity index (χ3n) is 4.27. The van der Waals surface area contributed by atoms with Crippen LogP contribution >= 0.6 is 11.3 Å². The van der Waals surface area contributed by atoms with Crippen LogP contribution in [-0.4, -0.2) is 30.5 Å². The standard InChI is InChI=1S/C14H21N3OS/c1-9-16-13-12(19-9)7-6-11(14(18)17(13)2)15-8-10-4-3-5-10/h10-11,15H,3-8H2,1-2H3. The molecule has 3 rings (SSSR count). The molecule has 1 aromatic heterocycles. The summed E-state index contributed by atoms with van der Waals surface area (Å²) in [5, 5.41) is 4.52. The number of aromatic nitrogens is 1. The summed E-state index contributed by atoms with van der Waals surface area (Å²) >= 11 is 1.72. The number of nitrogens with zero attached hydrogens (tertiary/aromatic N) is 2. The smallest absolute Gasteiger partial charge is 0.245 e. The van der Waals surface area contributed by atoms with E-state index in [-0.39, 0.29) is 11.9 Å². The average molecular weight is 279 g/mol. The van der Waals surface area contributed by atoms with Crippen LogP contribution in [0, 0.1) is 12.8 Å². The minimum atomic E-state index is -0.0349. The Morgan fingerprint density at radius 2 is 2.21 bits per heavy atom. The first-order chi connectivity index (χ1) is 9.15. The van der Waals surface area contributed by atoms with Crippen molar-refractivity contribution in [2.24, 2.45) is 5.92 Å². The molecule has 1 atom stereocenters. The highest BCUT2D eigenvalue weighted by atomic mass is 32.1. The van der Waals surface area contributed by atoms with Crippen molar-refractivity contribution in [3.8, 4) is 0 Å². The van der Waals surface area contributed by atoms with Gasteiger partial charge in [0.05, 0.1) is 11.0 Å². The fourth-order valence-electron chi connectivity index (χ4n) is 2.82. The Bertz CT molecular complexity index is 481. The molecule has 19 heavy (non-hydrogen) atoms. The lowest BCUT2D eigenvalue weighted by molar-refractivity contribution is -0.120. The summed E-state index contributed by atoms with van der Waals surface area (Å²) in [5.41, 5.74) is 0. The van der Waals surface area contributed by atoms with E-state index in [1.54, 1.807) is 16.2 Å². The largest absolute Gasteiger partial charge is 0.306 e. The Morgan fingerprint density at radius 1 is 1.42 bits per heavy atom. The van der Waals surface area contributed by atoms with Gasteiger partial charge in [-0.15, -0.1) is 11.3 Å². The van der Waals surface area contributed by atoms with Crippen LogP contribution in [0.2, 0.25) is 0 Å². The third-order valence-corrected chi connectivity index (χ3v) is 5.29. The molecule has 104 valence electrons. The topological polar surface area (TPSA) is 45.2 Å². The van der Waals surface area contributed by atoms with Crippen molar-refractivity contribution in [1.82, 2.24) is 10.3 Å². The zero-order valence-electron chi connectivity index (χ0n) is 11.6. The van der Waals surface area contributed by atoms with Crippen molar-refractivity contribution >= 4 is 23.1 Å². The van der Waals surface area contributed by atoms with Gasteiger partial charge in [0, 0.05) is 11.9 Å². The maximum absolute atomic E-state index is 12.5. The first-order valence-corrected chi connectivity index (χ1v) is 7.94. The molecular weight excluding hydrogens is 258 g/mol. The SMILES string of the molecule is Cc1nc2c(s1)CCC(NCC1CCC1)C(=O)N2C. The van der Waals surface area contributed by atoms with E-state index in [0.29, 0.717) is 0 Å². The zero-order chi connectivity index (χ0) is 13.4. The Labute approximate surface area is 118 Å². The van der Waals surface area contributed by atoms with Crippen molar-refractivity contribution in [1.29, 1.82) is 0 Å². The third kappa shape index (κ3) is 2.54. The average Bonchev–Trinajstić information content (AvgIpc) is 2.66. The maximum Gasteiger partial charge on any atom is 0.245 e. The highest BCUT2D eigenvalue weighted by molar-refractivity contribution is 7.12. The summed E-state index contributed by atoms with van der Waals surface area (Å²) in [7, 11) is 1.85. The maximum atomic E-state index is 12.5. The Kier molecular flexibility index (Phi) is 3.58. The summed E-state index contributed by atoms with van der Waals surface area (Å²) in [4.78, 5) is 20.0. The Balaban J connectivity index is 1.69. The Morgan fingerprint density at radius 3 is 2.89 bits per heavy atom.